The van der Waals surface area contributed by atoms with E-state index in [0.29, 0.717) is 22.5 Å². The fraction of sp³-hybridized carbons (Fsp3) is 0.214. The van der Waals surface area contributed by atoms with E-state index in [1.165, 1.54) is 12.4 Å². The van der Waals surface area contributed by atoms with Crippen LogP contribution in [0.3, 0.4) is 0 Å². The fourth-order valence-electron chi connectivity index (χ4n) is 2.00. The minimum absolute atomic E-state index is 0.191. The van der Waals surface area contributed by atoms with Crippen molar-refractivity contribution < 1.29 is 8.42 Å². The molecule has 0 fully saturated rings. The maximum atomic E-state index is 12.1. The number of anilines is 1. The zero-order valence-corrected chi connectivity index (χ0v) is 15.6. The summed E-state index contributed by atoms with van der Waals surface area (Å²) < 4.78 is 28.9. The van der Waals surface area contributed by atoms with Crippen LogP contribution in [-0.2, 0) is 10.0 Å². The molecule has 2 N–H and O–H groups in total. The molecule has 0 radical (unpaired) electrons. The highest BCUT2D eigenvalue weighted by Crippen LogP contribution is 2.25. The van der Waals surface area contributed by atoms with Gasteiger partial charge in [0.15, 0.2) is 5.82 Å². The highest BCUT2D eigenvalue weighted by molar-refractivity contribution is 7.91. The molecule has 3 aromatic heterocycles. The van der Waals surface area contributed by atoms with Gasteiger partial charge in [-0.25, -0.2) is 27.8 Å². The molecule has 3 aromatic rings. The van der Waals surface area contributed by atoms with Gasteiger partial charge in [-0.1, -0.05) is 11.6 Å². The van der Waals surface area contributed by atoms with Crippen LogP contribution in [0.2, 0.25) is 4.34 Å². The number of rotatable bonds is 7. The normalized spacial score (nSPS) is 11.6. The summed E-state index contributed by atoms with van der Waals surface area (Å²) in [6.07, 6.45) is 3.23. The molecule has 0 amide bonds. The second-order valence-corrected chi connectivity index (χ2v) is 8.76. The van der Waals surface area contributed by atoms with Gasteiger partial charge in [0.25, 0.3) is 0 Å². The van der Waals surface area contributed by atoms with E-state index in [9.17, 15) is 8.42 Å². The number of nitrogens with zero attached hydrogens (tertiary/aromatic N) is 4. The zero-order chi connectivity index (χ0) is 17.9. The van der Waals surface area contributed by atoms with E-state index in [0.717, 1.165) is 17.0 Å². The van der Waals surface area contributed by atoms with Gasteiger partial charge in [0.05, 0.1) is 10.0 Å². The van der Waals surface area contributed by atoms with Crippen molar-refractivity contribution in [1.29, 1.82) is 0 Å². The Hall–Kier alpha value is -2.01. The smallest absolute Gasteiger partial charge is 0.250 e. The number of hydrogen-bond donors (Lipinski definition) is 2. The summed E-state index contributed by atoms with van der Waals surface area (Å²) in [6, 6.07) is 6.64. The average Bonchev–Trinajstić information content (AvgIpc) is 3.21. The van der Waals surface area contributed by atoms with Crippen molar-refractivity contribution in [3.05, 3.63) is 46.8 Å². The first kappa shape index (κ1) is 17.8. The molecule has 0 spiro atoms. The number of nitrogens with one attached hydrogen (secondary N) is 2. The van der Waals surface area contributed by atoms with Crippen molar-refractivity contribution >= 4 is 38.8 Å². The Morgan fingerprint density at radius 2 is 2.08 bits per heavy atom. The summed E-state index contributed by atoms with van der Waals surface area (Å²) in [5.74, 6) is 1.20. The first-order chi connectivity index (χ1) is 11.9. The van der Waals surface area contributed by atoms with Crippen LogP contribution in [0.4, 0.5) is 5.82 Å². The highest BCUT2D eigenvalue weighted by Gasteiger charge is 2.15. The van der Waals surface area contributed by atoms with E-state index in [4.69, 9.17) is 11.6 Å². The van der Waals surface area contributed by atoms with Crippen LogP contribution in [0, 0.1) is 6.92 Å². The molecule has 0 atom stereocenters. The monoisotopic (exact) mass is 398 g/mol. The average molecular weight is 399 g/mol. The molecule has 3 rings (SSSR count). The minimum atomic E-state index is -3.55. The summed E-state index contributed by atoms with van der Waals surface area (Å²) in [5.41, 5.74) is 0.885. The van der Waals surface area contributed by atoms with Crippen molar-refractivity contribution in [1.82, 2.24) is 24.5 Å². The lowest BCUT2D eigenvalue weighted by atomic mass is 10.5. The third-order valence-electron chi connectivity index (χ3n) is 3.15. The Morgan fingerprint density at radius 1 is 1.24 bits per heavy atom. The van der Waals surface area contributed by atoms with Gasteiger partial charge >= 0.3 is 0 Å². The lowest BCUT2D eigenvalue weighted by molar-refractivity contribution is 0.585. The quantitative estimate of drug-likeness (QED) is 0.591. The summed E-state index contributed by atoms with van der Waals surface area (Å²) in [6.45, 7) is 2.47. The topological polar surface area (TPSA) is 102 Å². The molecule has 132 valence electrons. The Bertz CT molecular complexity index is 969. The van der Waals surface area contributed by atoms with E-state index in [2.05, 4.69) is 25.1 Å². The van der Waals surface area contributed by atoms with Crippen LogP contribution in [0.15, 0.2) is 41.0 Å². The maximum Gasteiger partial charge on any atom is 0.250 e. The predicted octanol–water partition coefficient (Wildman–Crippen LogP) is 2.08. The molecule has 11 heteroatoms. The zero-order valence-electron chi connectivity index (χ0n) is 13.2. The van der Waals surface area contributed by atoms with E-state index in [1.807, 2.05) is 19.2 Å². The number of sulfonamides is 1. The maximum absolute atomic E-state index is 12.1. The molecule has 0 aliphatic carbocycles. The number of aryl methyl sites for hydroxylation is 1. The molecule has 3 heterocycles. The van der Waals surface area contributed by atoms with Crippen molar-refractivity contribution in [2.45, 2.75) is 11.1 Å². The van der Waals surface area contributed by atoms with Crippen LogP contribution < -0.4 is 10.0 Å². The van der Waals surface area contributed by atoms with Gasteiger partial charge in [0.2, 0.25) is 10.0 Å². The summed E-state index contributed by atoms with van der Waals surface area (Å²) in [4.78, 5) is 8.27. The van der Waals surface area contributed by atoms with Crippen molar-refractivity contribution in [2.24, 2.45) is 0 Å². The van der Waals surface area contributed by atoms with Gasteiger partial charge in [-0.3, -0.25) is 0 Å². The molecule has 25 heavy (non-hydrogen) atoms. The van der Waals surface area contributed by atoms with Gasteiger partial charge < -0.3 is 5.32 Å². The molecule has 0 unspecified atom stereocenters. The van der Waals surface area contributed by atoms with Crippen LogP contribution in [0.1, 0.15) is 5.69 Å². The minimum Gasteiger partial charge on any atom is -0.369 e. The largest absolute Gasteiger partial charge is 0.369 e. The van der Waals surface area contributed by atoms with Crippen LogP contribution >= 0.6 is 22.9 Å². The van der Waals surface area contributed by atoms with Crippen LogP contribution in [0.5, 0.6) is 0 Å². The fourth-order valence-corrected chi connectivity index (χ4v) is 4.56. The first-order valence-electron chi connectivity index (χ1n) is 7.27. The Labute approximate surface area is 153 Å². The van der Waals surface area contributed by atoms with E-state index in [-0.39, 0.29) is 10.8 Å². The van der Waals surface area contributed by atoms with Gasteiger partial charge in [-0.15, -0.1) is 11.3 Å². The molecule has 8 nitrogen and oxygen atoms in total. The lowest BCUT2D eigenvalue weighted by Crippen LogP contribution is -2.28. The lowest BCUT2D eigenvalue weighted by Gasteiger charge is -2.08. The molecule has 0 aliphatic rings. The van der Waals surface area contributed by atoms with Crippen LogP contribution in [0.25, 0.3) is 5.82 Å². The first-order valence-corrected chi connectivity index (χ1v) is 9.95. The standard InChI is InChI=1S/C14H15ClN6O2S2/c1-10-4-7-21(20-10)13-8-12(17-9-18-13)16-5-6-19-25(22,23)14-3-2-11(15)24-14/h2-4,7-9,19H,5-6H2,1H3,(H,16,17,18). The van der Waals surface area contributed by atoms with Crippen LogP contribution in [-0.4, -0.2) is 41.3 Å². The Kier molecular flexibility index (Phi) is 5.33. The van der Waals surface area contributed by atoms with E-state index >= 15 is 0 Å². The third-order valence-corrected chi connectivity index (χ3v) is 6.33. The predicted molar refractivity (Wildman–Crippen MR) is 96.9 cm³/mol. The molecule has 0 aromatic carbocycles. The van der Waals surface area contributed by atoms with Gasteiger partial charge in [-0.05, 0) is 25.1 Å². The van der Waals surface area contributed by atoms with Gasteiger partial charge in [-0.2, -0.15) is 5.10 Å². The molecule has 0 bridgehead atoms. The second-order valence-electron chi connectivity index (χ2n) is 5.05. The van der Waals surface area contributed by atoms with Crippen molar-refractivity contribution in [3.63, 3.8) is 0 Å². The van der Waals surface area contributed by atoms with Gasteiger partial charge in [0.1, 0.15) is 16.4 Å². The Morgan fingerprint density at radius 3 is 2.76 bits per heavy atom. The number of hydrogen-bond acceptors (Lipinski definition) is 7. The molecule has 0 saturated heterocycles. The Balaban J connectivity index is 1.56. The van der Waals surface area contributed by atoms with Gasteiger partial charge in [0, 0.05) is 25.4 Å². The molecular weight excluding hydrogens is 384 g/mol. The molecular formula is C14H15ClN6O2S2. The van der Waals surface area contributed by atoms with Crippen molar-refractivity contribution in [2.75, 3.05) is 18.4 Å². The number of aromatic nitrogens is 4. The number of thiophene rings is 1. The van der Waals surface area contributed by atoms with E-state index < -0.39 is 10.0 Å². The highest BCUT2D eigenvalue weighted by atomic mass is 35.5. The molecule has 0 aliphatic heterocycles. The van der Waals surface area contributed by atoms with Crippen molar-refractivity contribution in [3.8, 4) is 5.82 Å². The third kappa shape index (κ3) is 4.54. The van der Waals surface area contributed by atoms with E-state index in [1.54, 1.807) is 16.8 Å². The molecule has 0 saturated carbocycles. The second kappa shape index (κ2) is 7.48. The summed E-state index contributed by atoms with van der Waals surface area (Å²) >= 11 is 6.78. The SMILES string of the molecule is Cc1ccn(-c2cc(NCCNS(=O)(=O)c3ccc(Cl)s3)ncn2)n1. The summed E-state index contributed by atoms with van der Waals surface area (Å²) in [7, 11) is -3.55. The summed E-state index contributed by atoms with van der Waals surface area (Å²) in [5, 5.41) is 7.33. The number of halogens is 1.